The van der Waals surface area contributed by atoms with Gasteiger partial charge >= 0.3 is 23.9 Å². The van der Waals surface area contributed by atoms with Crippen molar-refractivity contribution in [3.05, 3.63) is 0 Å². The Morgan fingerprint density at radius 1 is 0.500 bits per heavy atom. The number of nitrogens with one attached hydrogen (secondary N) is 1. The number of carbonyl (C=O) groups is 4. The smallest absolute Gasteiger partial charge is 0.306 e. The van der Waals surface area contributed by atoms with E-state index in [1.54, 1.807) is 0 Å². The molecule has 0 atom stereocenters. The zero-order valence-corrected chi connectivity index (χ0v) is 21.3. The maximum absolute atomic E-state index is 11.6. The summed E-state index contributed by atoms with van der Waals surface area (Å²) in [4.78, 5) is 50.1. The molecule has 0 aromatic heterocycles. The first-order valence-corrected chi connectivity index (χ1v) is 11.8. The van der Waals surface area contributed by atoms with Gasteiger partial charge in [-0.2, -0.15) is 0 Å². The molecule has 34 heavy (non-hydrogen) atoms. The number of carbonyl (C=O) groups excluding carboxylic acids is 4. The molecule has 0 bridgehead atoms. The molecule has 0 spiro atoms. The number of nitrogens with zero attached hydrogens (tertiary/aromatic N) is 2. The van der Waals surface area contributed by atoms with Crippen molar-refractivity contribution in [2.75, 3.05) is 80.8 Å². The molecule has 0 unspecified atom stereocenters. The number of methoxy groups -OCH3 is 4. The van der Waals surface area contributed by atoms with Gasteiger partial charge in [0.15, 0.2) is 0 Å². The Morgan fingerprint density at radius 3 is 1.50 bits per heavy atom. The Bertz CT molecular complexity index is 539. The minimum Gasteiger partial charge on any atom is -0.469 e. The Hall–Kier alpha value is -2.24. The van der Waals surface area contributed by atoms with Crippen LogP contribution in [0.25, 0.3) is 0 Å². The van der Waals surface area contributed by atoms with Gasteiger partial charge in [0.05, 0.1) is 47.7 Å². The van der Waals surface area contributed by atoms with Crippen LogP contribution in [-0.2, 0) is 38.1 Å². The van der Waals surface area contributed by atoms with Crippen LogP contribution in [0.2, 0.25) is 0 Å². The maximum atomic E-state index is 11.6. The molecule has 0 saturated heterocycles. The first-order chi connectivity index (χ1) is 16.4. The average molecular weight is 490 g/mol. The molecule has 11 heteroatoms. The third-order valence-corrected chi connectivity index (χ3v) is 5.37. The van der Waals surface area contributed by atoms with Gasteiger partial charge in [0.25, 0.3) is 0 Å². The standard InChI is InChI=1S/C23H43N3O8/c1-31-20(27)8-6-5-7-14-25(15-10-22(29)33-3)18-19-26(16-11-23(30)34-4)17-13-24-12-9-21(28)32-2/h24H,5-19H2,1-4H3. The molecule has 0 aliphatic rings. The van der Waals surface area contributed by atoms with Crippen LogP contribution < -0.4 is 5.32 Å². The Morgan fingerprint density at radius 2 is 0.971 bits per heavy atom. The fourth-order valence-corrected chi connectivity index (χ4v) is 3.19. The summed E-state index contributed by atoms with van der Waals surface area (Å²) in [7, 11) is 5.50. The van der Waals surface area contributed by atoms with Crippen molar-refractivity contribution in [2.45, 2.75) is 44.9 Å². The maximum Gasteiger partial charge on any atom is 0.306 e. The highest BCUT2D eigenvalue weighted by atomic mass is 16.5. The van der Waals surface area contributed by atoms with E-state index in [4.69, 9.17) is 9.47 Å². The summed E-state index contributed by atoms with van der Waals surface area (Å²) in [6.45, 7) is 5.22. The predicted octanol–water partition coefficient (Wildman–Crippen LogP) is 0.603. The van der Waals surface area contributed by atoms with Gasteiger partial charge in [-0.15, -0.1) is 0 Å². The van der Waals surface area contributed by atoms with Gasteiger partial charge < -0.3 is 34.1 Å². The quantitative estimate of drug-likeness (QED) is 0.138. The zero-order chi connectivity index (χ0) is 25.6. The first kappa shape index (κ1) is 31.8. The molecular weight excluding hydrogens is 446 g/mol. The SMILES string of the molecule is COC(=O)CCCCCN(CCC(=O)OC)CCN(CCNCCC(=O)OC)CCC(=O)OC. The van der Waals surface area contributed by atoms with Crippen molar-refractivity contribution in [3.63, 3.8) is 0 Å². The molecule has 0 amide bonds. The van der Waals surface area contributed by atoms with Gasteiger partial charge in [0, 0.05) is 52.2 Å². The Balaban J connectivity index is 4.66. The summed E-state index contributed by atoms with van der Waals surface area (Å²) in [5, 5.41) is 3.21. The minimum atomic E-state index is -0.267. The van der Waals surface area contributed by atoms with E-state index in [0.717, 1.165) is 32.4 Å². The lowest BCUT2D eigenvalue weighted by molar-refractivity contribution is -0.142. The number of rotatable bonds is 21. The summed E-state index contributed by atoms with van der Waals surface area (Å²) in [5.41, 5.74) is 0. The molecule has 0 saturated carbocycles. The van der Waals surface area contributed by atoms with Crippen molar-refractivity contribution in [1.29, 1.82) is 0 Å². The molecule has 198 valence electrons. The third-order valence-electron chi connectivity index (χ3n) is 5.37. The number of hydrogen-bond acceptors (Lipinski definition) is 11. The van der Waals surface area contributed by atoms with E-state index >= 15 is 0 Å². The third kappa shape index (κ3) is 18.2. The van der Waals surface area contributed by atoms with Gasteiger partial charge in [0.1, 0.15) is 0 Å². The predicted molar refractivity (Wildman–Crippen MR) is 126 cm³/mol. The Kier molecular flexibility index (Phi) is 19.9. The van der Waals surface area contributed by atoms with Crippen molar-refractivity contribution in [2.24, 2.45) is 0 Å². The topological polar surface area (TPSA) is 124 Å². The summed E-state index contributed by atoms with van der Waals surface area (Å²) >= 11 is 0. The number of hydrogen-bond donors (Lipinski definition) is 1. The molecule has 1 N–H and O–H groups in total. The lowest BCUT2D eigenvalue weighted by atomic mass is 10.2. The molecule has 0 aromatic rings. The second-order valence-electron chi connectivity index (χ2n) is 7.80. The van der Waals surface area contributed by atoms with Crippen molar-refractivity contribution < 1.29 is 38.1 Å². The van der Waals surface area contributed by atoms with Gasteiger partial charge in [0.2, 0.25) is 0 Å². The molecule has 0 rings (SSSR count). The highest BCUT2D eigenvalue weighted by molar-refractivity contribution is 5.70. The lowest BCUT2D eigenvalue weighted by Crippen LogP contribution is -2.40. The van der Waals surface area contributed by atoms with Crippen LogP contribution in [0.3, 0.4) is 0 Å². The van der Waals surface area contributed by atoms with E-state index < -0.39 is 0 Å². The van der Waals surface area contributed by atoms with Crippen molar-refractivity contribution in [1.82, 2.24) is 15.1 Å². The first-order valence-electron chi connectivity index (χ1n) is 11.8. The lowest BCUT2D eigenvalue weighted by Gasteiger charge is -2.27. The van der Waals surface area contributed by atoms with E-state index in [1.165, 1.54) is 28.4 Å². The monoisotopic (exact) mass is 489 g/mol. The van der Waals surface area contributed by atoms with Crippen LogP contribution in [0.15, 0.2) is 0 Å². The van der Waals surface area contributed by atoms with E-state index in [-0.39, 0.29) is 30.3 Å². The van der Waals surface area contributed by atoms with Gasteiger partial charge in [-0.05, 0) is 19.4 Å². The van der Waals surface area contributed by atoms with E-state index in [2.05, 4.69) is 24.6 Å². The van der Waals surface area contributed by atoms with Crippen LogP contribution in [-0.4, -0.2) is 114 Å². The van der Waals surface area contributed by atoms with E-state index in [9.17, 15) is 19.2 Å². The number of ether oxygens (including phenoxy) is 4. The summed E-state index contributed by atoms with van der Waals surface area (Å²) in [5.74, 6) is -0.989. The number of unbranched alkanes of at least 4 members (excludes halogenated alkanes) is 2. The van der Waals surface area contributed by atoms with Gasteiger partial charge in [-0.25, -0.2) is 0 Å². The summed E-state index contributed by atoms with van der Waals surface area (Å²) in [6, 6.07) is 0. The van der Waals surface area contributed by atoms with Crippen LogP contribution >= 0.6 is 0 Å². The molecule has 0 fully saturated rings. The van der Waals surface area contributed by atoms with Crippen molar-refractivity contribution >= 4 is 23.9 Å². The van der Waals surface area contributed by atoms with E-state index in [1.807, 2.05) is 0 Å². The molecule has 0 aliphatic carbocycles. The normalized spacial score (nSPS) is 10.9. The van der Waals surface area contributed by atoms with E-state index in [0.29, 0.717) is 58.5 Å². The summed E-state index contributed by atoms with van der Waals surface area (Å²) in [6.07, 6.45) is 3.85. The van der Waals surface area contributed by atoms with Crippen LogP contribution in [0.5, 0.6) is 0 Å². The summed E-state index contributed by atoms with van der Waals surface area (Å²) < 4.78 is 18.8. The molecule has 0 radical (unpaired) electrons. The second kappa shape index (κ2) is 21.3. The minimum absolute atomic E-state index is 0.205. The van der Waals surface area contributed by atoms with Gasteiger partial charge in [-0.3, -0.25) is 19.2 Å². The molecule has 11 nitrogen and oxygen atoms in total. The molecule has 0 aromatic carbocycles. The average Bonchev–Trinajstić information content (AvgIpc) is 2.85. The molecular formula is C23H43N3O8. The van der Waals surface area contributed by atoms with Crippen LogP contribution in [0.1, 0.15) is 44.9 Å². The van der Waals surface area contributed by atoms with Crippen LogP contribution in [0, 0.1) is 0 Å². The second-order valence-corrected chi connectivity index (χ2v) is 7.80. The fourth-order valence-electron chi connectivity index (χ4n) is 3.19. The Labute approximate surface area is 203 Å². The highest BCUT2D eigenvalue weighted by Gasteiger charge is 2.13. The zero-order valence-electron chi connectivity index (χ0n) is 21.3. The number of esters is 4. The highest BCUT2D eigenvalue weighted by Crippen LogP contribution is 2.05. The largest absolute Gasteiger partial charge is 0.469 e. The molecule has 0 heterocycles. The fraction of sp³-hybridized carbons (Fsp3) is 0.826. The van der Waals surface area contributed by atoms with Crippen molar-refractivity contribution in [3.8, 4) is 0 Å². The molecule has 0 aliphatic heterocycles. The van der Waals surface area contributed by atoms with Gasteiger partial charge in [-0.1, -0.05) is 6.42 Å². The van der Waals surface area contributed by atoms with Crippen LogP contribution in [0.4, 0.5) is 0 Å².